The number of benzene rings is 1. The monoisotopic (exact) mass is 1060 g/mol. The number of nitrogen functional groups attached to an aromatic ring is 2. The van der Waals surface area contributed by atoms with E-state index in [1.54, 1.807) is 103 Å². The van der Waals surface area contributed by atoms with Crippen LogP contribution < -0.4 is 26.8 Å². The second kappa shape index (κ2) is 27.4. The number of nitrogens with one attached hydrogen (secondary N) is 1. The summed E-state index contributed by atoms with van der Waals surface area (Å²) in [6, 6.07) is 8.24. The van der Waals surface area contributed by atoms with E-state index in [4.69, 9.17) is 55.2 Å². The summed E-state index contributed by atoms with van der Waals surface area (Å²) in [4.78, 5) is 65.4. The molecule has 24 nitrogen and oxygen atoms in total. The minimum atomic E-state index is -4.16. The minimum absolute atomic E-state index is 0. The number of hydrogen-bond donors (Lipinski definition) is 6. The summed E-state index contributed by atoms with van der Waals surface area (Å²) in [5, 5.41) is 12.0. The third-order valence-corrected chi connectivity index (χ3v) is 10.6. The van der Waals surface area contributed by atoms with Gasteiger partial charge in [-0.2, -0.15) is 5.26 Å². The van der Waals surface area contributed by atoms with E-state index in [9.17, 15) is 24.0 Å². The third kappa shape index (κ3) is 20.4. The summed E-state index contributed by atoms with van der Waals surface area (Å²) in [6.07, 6.45) is 3.51. The number of ether oxygens (including phenoxy) is 4. The van der Waals surface area contributed by atoms with Gasteiger partial charge in [0.05, 0.1) is 61.8 Å². The molecule has 68 heavy (non-hydrogen) atoms. The molecule has 1 radical (unpaired) electrons. The first kappa shape index (κ1) is 61.2. The van der Waals surface area contributed by atoms with Crippen molar-refractivity contribution >= 4 is 73.4 Å². The number of nitrogens with zero attached hydrogens (tertiary/aromatic N) is 9. The van der Waals surface area contributed by atoms with Crippen LogP contribution in [-0.4, -0.2) is 110 Å². The number of halogens is 2. The molecule has 0 amide bonds. The smallest absolute Gasteiger partial charge is 0.350 e. The van der Waals surface area contributed by atoms with Crippen LogP contribution in [-0.2, 0) is 69.3 Å². The van der Waals surface area contributed by atoms with Crippen LogP contribution in [0.3, 0.4) is 0 Å². The molecule has 0 fully saturated rings. The van der Waals surface area contributed by atoms with Gasteiger partial charge in [-0.15, -0.1) is 12.4 Å². The molecule has 9 N–H and O–H groups in total. The minimum Gasteiger partial charge on any atom is -0.462 e. The number of rotatable bonds is 18. The Morgan fingerprint density at radius 1 is 0.824 bits per heavy atom. The standard InChI is InChI=1S/C23H30N7O5P.C9H14N5O4P.C7H15NO2.ClH.FH.V/c1-15(2)34-22(31)23(4,5)29-36(32,35-18-8-6-7-17(9-18)10-24)14-33-16(3)11-30-13-28-19-20(25)26-12-27-21(19)30;1-6(18-5-19(15,16)17)2-14-4-13-7-8(10)11-3-12-9(7)14;1-5(2)10-6(9)7(3,4)8;;;/h6-9,12-13,15-16H,11,14H2,1-5H3,(H,29,32)(H2,25,26,27);3-4,6H,2,5H2,1H3,(H2,10,11,12)(H2,15,16,17);5H,8H2,1-4H3;2*1H;/t16-,36?;6-;;;;/m11..../s1/i/hT. The molecule has 0 aliphatic heterocycles. The molecule has 0 spiro atoms. The SMILES string of the molecule is CC(C)OC(=O)C(C)(C)N.CC(C)OC(=O)C(C)(C)NP(=O)(CO[C@H](C)Cn1cnc2c(N)ncnc21)Oc1cccc(C#N)c1.C[C@H](Cn1cnc2c(N)ncnc21)OCP(=O)(O)O.Cl.[3H]F.[V]. The van der Waals surface area contributed by atoms with Crippen molar-refractivity contribution in [3.63, 3.8) is 0 Å². The third-order valence-electron chi connectivity index (χ3n) is 8.21. The van der Waals surface area contributed by atoms with Gasteiger partial charge in [0.2, 0.25) is 0 Å². The number of imidazole rings is 2. The molecule has 4 heterocycles. The Hall–Kier alpha value is -4.83. The number of carbonyl (C=O) groups excluding carboxylic acids is 2. The average Bonchev–Trinajstić information content (AvgIpc) is 3.84. The quantitative estimate of drug-likeness (QED) is 0.0522. The molecule has 4 aromatic heterocycles. The number of carbonyl (C=O) groups is 2. The summed E-state index contributed by atoms with van der Waals surface area (Å²) in [5.74, 6) is -0.205. The van der Waals surface area contributed by atoms with E-state index in [0.717, 1.165) is 0 Å². The molecule has 5 aromatic rings. The van der Waals surface area contributed by atoms with Gasteiger partial charge in [-0.3, -0.25) is 23.4 Å². The van der Waals surface area contributed by atoms with Gasteiger partial charge < -0.3 is 59.6 Å². The van der Waals surface area contributed by atoms with Crippen molar-refractivity contribution in [3.8, 4) is 11.8 Å². The normalized spacial score (nSPS) is 13.2. The number of aromatic nitrogens is 8. The number of nitriles is 1. The number of esters is 2. The summed E-state index contributed by atoms with van der Waals surface area (Å²) < 4.78 is 68.0. The molecule has 1 unspecified atom stereocenters. The van der Waals surface area contributed by atoms with Crippen molar-refractivity contribution < 1.29 is 75.3 Å². The van der Waals surface area contributed by atoms with Crippen LogP contribution in [0.1, 0.15) is 74.8 Å². The Balaban J connectivity index is 0.00000117. The van der Waals surface area contributed by atoms with Crippen molar-refractivity contribution in [2.45, 2.75) is 118 Å². The molecule has 0 bridgehead atoms. The molecule has 0 aliphatic carbocycles. The number of hydrogen-bond acceptors (Lipinski definition) is 19. The van der Waals surface area contributed by atoms with Gasteiger partial charge in [-0.25, -0.2) is 35.0 Å². The van der Waals surface area contributed by atoms with E-state index in [1.807, 2.05) is 6.07 Å². The predicted molar refractivity (Wildman–Crippen MR) is 249 cm³/mol. The van der Waals surface area contributed by atoms with Crippen LogP contribution in [0.4, 0.5) is 16.4 Å². The Bertz CT molecular complexity index is 2540. The molecule has 0 aliphatic rings. The fourth-order valence-corrected chi connectivity index (χ4v) is 7.71. The van der Waals surface area contributed by atoms with Crippen molar-refractivity contribution in [2.75, 3.05) is 24.2 Å². The maximum absolute atomic E-state index is 13.9. The Labute approximate surface area is 412 Å². The van der Waals surface area contributed by atoms with Crippen LogP contribution in [0.5, 0.6) is 5.75 Å². The molecular formula is C39H61ClFN13O11P2V. The Kier molecular flexibility index (Phi) is 24.6. The summed E-state index contributed by atoms with van der Waals surface area (Å²) in [7, 11) is -8.00. The largest absolute Gasteiger partial charge is 0.462 e. The van der Waals surface area contributed by atoms with Crippen molar-refractivity contribution in [2.24, 2.45) is 5.73 Å². The van der Waals surface area contributed by atoms with Gasteiger partial charge >= 0.3 is 27.1 Å². The zero-order valence-electron chi connectivity index (χ0n) is 40.2. The summed E-state index contributed by atoms with van der Waals surface area (Å²) >= 11 is 0. The maximum atomic E-state index is 13.9. The summed E-state index contributed by atoms with van der Waals surface area (Å²) in [6.45, 7) is 17.5. The topological polar surface area (TPSA) is 356 Å². The van der Waals surface area contributed by atoms with Crippen LogP contribution >= 0.6 is 27.5 Å². The van der Waals surface area contributed by atoms with Crippen molar-refractivity contribution in [1.29, 1.82) is 6.71 Å². The van der Waals surface area contributed by atoms with Crippen LogP contribution in [0, 0.1) is 11.3 Å². The van der Waals surface area contributed by atoms with E-state index < -0.39 is 50.7 Å². The number of anilines is 2. The van der Waals surface area contributed by atoms with E-state index in [0.29, 0.717) is 41.0 Å². The van der Waals surface area contributed by atoms with Gasteiger partial charge in [-0.1, -0.05) is 6.07 Å². The maximum Gasteiger partial charge on any atom is 0.350 e. The molecule has 3 atom stereocenters. The molecule has 0 saturated heterocycles. The fourth-order valence-electron chi connectivity index (χ4n) is 5.25. The van der Waals surface area contributed by atoms with Crippen LogP contribution in [0.25, 0.3) is 22.3 Å². The van der Waals surface area contributed by atoms with Gasteiger partial charge in [-0.05, 0) is 87.4 Å². The predicted octanol–water partition coefficient (Wildman–Crippen LogP) is 4.43. The van der Waals surface area contributed by atoms with Gasteiger partial charge in [0.25, 0.3) is 1.45 Å². The Morgan fingerprint density at radius 3 is 1.69 bits per heavy atom. The molecule has 377 valence electrons. The first-order valence-corrected chi connectivity index (χ1v) is 23.6. The zero-order chi connectivity index (χ0) is 50.9. The second-order valence-electron chi connectivity index (χ2n) is 16.3. The zero-order valence-corrected chi connectivity index (χ0v) is 43.2. The van der Waals surface area contributed by atoms with E-state index >= 15 is 0 Å². The van der Waals surface area contributed by atoms with Crippen LogP contribution in [0.15, 0.2) is 49.6 Å². The fraction of sp³-hybridized carbons (Fsp3) is 0.513. The molecule has 29 heteroatoms. The summed E-state index contributed by atoms with van der Waals surface area (Å²) in [5.41, 5.74) is 17.1. The molecule has 5 rings (SSSR count). The number of nitrogens with two attached hydrogens (primary N) is 3. The van der Waals surface area contributed by atoms with E-state index in [1.165, 1.54) is 25.0 Å². The second-order valence-corrected chi connectivity index (χ2v) is 19.9. The van der Waals surface area contributed by atoms with Crippen LogP contribution in [0.2, 0.25) is 0 Å². The van der Waals surface area contributed by atoms with Crippen molar-refractivity contribution in [1.82, 2.24) is 44.1 Å². The van der Waals surface area contributed by atoms with Gasteiger partial charge in [0, 0.05) is 18.6 Å². The van der Waals surface area contributed by atoms with Crippen molar-refractivity contribution in [3.05, 3.63) is 55.1 Å². The van der Waals surface area contributed by atoms with E-state index in [-0.39, 0.29) is 72.9 Å². The molecule has 1 aromatic carbocycles. The van der Waals surface area contributed by atoms with Gasteiger partial charge in [0.15, 0.2) is 22.9 Å². The number of fused-ring (bicyclic) bond motifs is 2. The first-order valence-electron chi connectivity index (χ1n) is 20.4. The Morgan fingerprint density at radius 2 is 1.28 bits per heavy atom. The molecule has 0 saturated carbocycles. The van der Waals surface area contributed by atoms with Gasteiger partial charge in [0.1, 0.15) is 53.2 Å². The molecular weight excluding hydrogens is 994 g/mol. The average molecular weight is 1060 g/mol. The van der Waals surface area contributed by atoms with E-state index in [2.05, 4.69) is 36.4 Å². The first-order chi connectivity index (χ1) is 31.1.